The van der Waals surface area contributed by atoms with Crippen LogP contribution in [0.25, 0.3) is 87.7 Å². The number of hydrogen-bond acceptors (Lipinski definition) is 5. The van der Waals surface area contributed by atoms with Crippen LogP contribution in [0.5, 0.6) is 0 Å². The Morgan fingerprint density at radius 1 is 0.299 bits per heavy atom. The third kappa shape index (κ3) is 6.30. The number of rotatable bonds is 7. The molecule has 3 heterocycles. The van der Waals surface area contributed by atoms with Crippen LogP contribution in [0.3, 0.4) is 0 Å². The smallest absolute Gasteiger partial charge is 0.145 e. The van der Waals surface area contributed by atoms with E-state index in [2.05, 4.69) is 207 Å². The molecule has 0 unspecified atom stereocenters. The van der Waals surface area contributed by atoms with Gasteiger partial charge in [0.1, 0.15) is 33.5 Å². The van der Waals surface area contributed by atoms with Gasteiger partial charge in [-0.05, 0) is 163 Å². The van der Waals surface area contributed by atoms with Crippen molar-refractivity contribution in [2.75, 3.05) is 9.80 Å². The molecule has 67 heavy (non-hydrogen) atoms. The Balaban J connectivity index is 1.00. The molecule has 0 aliphatic heterocycles. The minimum absolute atomic E-state index is 0.830. The van der Waals surface area contributed by atoms with Gasteiger partial charge in [-0.3, -0.25) is 0 Å². The highest BCUT2D eigenvalue weighted by Crippen LogP contribution is 2.49. The summed E-state index contributed by atoms with van der Waals surface area (Å²) < 4.78 is 20.1. The number of anilines is 6. The van der Waals surface area contributed by atoms with Crippen molar-refractivity contribution in [3.8, 4) is 11.1 Å². The van der Waals surface area contributed by atoms with E-state index in [0.717, 1.165) is 122 Å². The van der Waals surface area contributed by atoms with E-state index >= 15 is 0 Å². The van der Waals surface area contributed by atoms with E-state index in [1.807, 2.05) is 24.3 Å². The molecule has 13 aromatic rings. The van der Waals surface area contributed by atoms with E-state index < -0.39 is 0 Å². The minimum Gasteiger partial charge on any atom is -0.456 e. The van der Waals surface area contributed by atoms with Crippen LogP contribution in [0.4, 0.5) is 34.1 Å². The highest BCUT2D eigenvalue weighted by Gasteiger charge is 2.25. The van der Waals surface area contributed by atoms with Gasteiger partial charge in [0.2, 0.25) is 0 Å². The molecule has 13 rings (SSSR count). The molecule has 0 saturated heterocycles. The molecule has 0 aliphatic carbocycles. The first kappa shape index (κ1) is 38.9. The molecular formula is C62H44N2O3. The van der Waals surface area contributed by atoms with Crippen molar-refractivity contribution < 1.29 is 13.3 Å². The molecule has 5 heteroatoms. The van der Waals surface area contributed by atoms with Crippen molar-refractivity contribution in [3.63, 3.8) is 0 Å². The monoisotopic (exact) mass is 864 g/mol. The lowest BCUT2D eigenvalue weighted by molar-refractivity contribution is 0.668. The topological polar surface area (TPSA) is 45.9 Å². The molecule has 0 bridgehead atoms. The lowest BCUT2D eigenvalue weighted by Crippen LogP contribution is -2.11. The summed E-state index contributed by atoms with van der Waals surface area (Å²) in [7, 11) is 0. The second-order valence-corrected chi connectivity index (χ2v) is 17.9. The Kier molecular flexibility index (Phi) is 8.71. The molecule has 0 spiro atoms. The first-order valence-electron chi connectivity index (χ1n) is 22.9. The standard InChI is InChI=1S/C62H44N2O3/c1-37-18-21-44(30-39(37)3)63(47-24-26-51-49-14-8-10-16-56(49)65-59(51)35-47)46-23-20-42-33-54-53-28-29-55(61(41-12-6-5-7-13-41)62(53)67-58(54)34-43(42)32-46)64(45-22-19-38(2)40(4)31-45)48-25-27-52-50-15-9-11-17-57(50)66-60(52)36-48/h5-36H,1-4H3. The van der Waals surface area contributed by atoms with E-state index in [4.69, 9.17) is 13.3 Å². The zero-order valence-corrected chi connectivity index (χ0v) is 37.6. The summed E-state index contributed by atoms with van der Waals surface area (Å²) in [6.45, 7) is 8.67. The fourth-order valence-electron chi connectivity index (χ4n) is 10.1. The van der Waals surface area contributed by atoms with Crippen LogP contribution in [0.15, 0.2) is 207 Å². The normalized spacial score (nSPS) is 11.9. The Hall–Kier alpha value is -8.54. The first-order chi connectivity index (χ1) is 32.8. The Bertz CT molecular complexity index is 4120. The van der Waals surface area contributed by atoms with Crippen molar-refractivity contribution in [1.29, 1.82) is 0 Å². The van der Waals surface area contributed by atoms with E-state index in [0.29, 0.717) is 0 Å². The second-order valence-electron chi connectivity index (χ2n) is 17.9. The summed E-state index contributed by atoms with van der Waals surface area (Å²) in [5.74, 6) is 0. The van der Waals surface area contributed by atoms with Gasteiger partial charge in [-0.1, -0.05) is 84.9 Å². The largest absolute Gasteiger partial charge is 0.456 e. The van der Waals surface area contributed by atoms with Crippen molar-refractivity contribution in [2.24, 2.45) is 0 Å². The maximum atomic E-state index is 7.17. The predicted molar refractivity (Wildman–Crippen MR) is 280 cm³/mol. The fourth-order valence-corrected chi connectivity index (χ4v) is 10.1. The van der Waals surface area contributed by atoms with Crippen LogP contribution in [-0.4, -0.2) is 0 Å². The predicted octanol–water partition coefficient (Wildman–Crippen LogP) is 18.4. The zero-order chi connectivity index (χ0) is 44.9. The molecule has 0 fully saturated rings. The van der Waals surface area contributed by atoms with Crippen LogP contribution in [-0.2, 0) is 0 Å². The second kappa shape index (κ2) is 15.0. The van der Waals surface area contributed by atoms with Crippen LogP contribution in [0.2, 0.25) is 0 Å². The van der Waals surface area contributed by atoms with Crippen LogP contribution in [0, 0.1) is 27.7 Å². The maximum Gasteiger partial charge on any atom is 0.145 e. The molecule has 0 N–H and O–H groups in total. The van der Waals surface area contributed by atoms with Gasteiger partial charge in [0.05, 0.1) is 5.69 Å². The fraction of sp³-hybridized carbons (Fsp3) is 0.0645. The van der Waals surface area contributed by atoms with Gasteiger partial charge in [0.25, 0.3) is 0 Å². The molecule has 5 nitrogen and oxygen atoms in total. The third-order valence-corrected chi connectivity index (χ3v) is 13.9. The molecule has 0 aliphatic rings. The summed E-state index contributed by atoms with van der Waals surface area (Å²) in [6.07, 6.45) is 0. The SMILES string of the molecule is Cc1ccc(N(c2ccc3cc4c(cc3c2)oc2c(-c3ccccc3)c(N(c3ccc(C)c(C)c3)c3ccc5c(c3)oc3ccccc35)ccc24)c2ccc3c(c2)oc2ccccc23)cc1C. The number of aryl methyl sites for hydroxylation is 4. The van der Waals surface area contributed by atoms with Crippen LogP contribution >= 0.6 is 0 Å². The molecular weight excluding hydrogens is 821 g/mol. The first-order valence-corrected chi connectivity index (χ1v) is 22.9. The number of hydrogen-bond donors (Lipinski definition) is 0. The number of nitrogens with zero attached hydrogens (tertiary/aromatic N) is 2. The summed E-state index contributed by atoms with van der Waals surface area (Å²) in [4.78, 5) is 4.67. The summed E-state index contributed by atoms with van der Waals surface area (Å²) in [5.41, 5.74) is 18.4. The van der Waals surface area contributed by atoms with Crippen molar-refractivity contribution in [3.05, 3.63) is 216 Å². The summed E-state index contributed by atoms with van der Waals surface area (Å²) in [6, 6.07) is 69.3. The van der Waals surface area contributed by atoms with Gasteiger partial charge in [-0.25, -0.2) is 0 Å². The van der Waals surface area contributed by atoms with Crippen molar-refractivity contribution in [2.45, 2.75) is 27.7 Å². The number of benzene rings is 10. The lowest BCUT2D eigenvalue weighted by Gasteiger charge is -2.28. The summed E-state index contributed by atoms with van der Waals surface area (Å²) in [5, 5.41) is 8.77. The van der Waals surface area contributed by atoms with Gasteiger partial charge >= 0.3 is 0 Å². The van der Waals surface area contributed by atoms with Gasteiger partial charge in [-0.2, -0.15) is 0 Å². The quantitative estimate of drug-likeness (QED) is 0.160. The van der Waals surface area contributed by atoms with E-state index in [9.17, 15) is 0 Å². The number of furan rings is 3. The third-order valence-electron chi connectivity index (χ3n) is 13.9. The van der Waals surface area contributed by atoms with Gasteiger partial charge in [0, 0.05) is 78.5 Å². The molecule has 0 atom stereocenters. The highest BCUT2D eigenvalue weighted by atomic mass is 16.3. The van der Waals surface area contributed by atoms with Gasteiger partial charge in [0.15, 0.2) is 0 Å². The lowest BCUT2D eigenvalue weighted by atomic mass is 9.97. The summed E-state index contributed by atoms with van der Waals surface area (Å²) >= 11 is 0. The number of fused-ring (bicyclic) bond motifs is 10. The van der Waals surface area contributed by atoms with Crippen molar-refractivity contribution >= 4 is 111 Å². The Morgan fingerprint density at radius 2 is 0.791 bits per heavy atom. The molecule has 3 aromatic heterocycles. The molecule has 0 radical (unpaired) electrons. The van der Waals surface area contributed by atoms with E-state index in [1.54, 1.807) is 0 Å². The van der Waals surface area contributed by atoms with Crippen LogP contribution < -0.4 is 9.80 Å². The van der Waals surface area contributed by atoms with Gasteiger partial charge < -0.3 is 23.1 Å². The minimum atomic E-state index is 0.830. The molecule has 320 valence electrons. The highest BCUT2D eigenvalue weighted by molar-refractivity contribution is 6.16. The number of para-hydroxylation sites is 2. The van der Waals surface area contributed by atoms with E-state index in [1.165, 1.54) is 22.3 Å². The zero-order valence-electron chi connectivity index (χ0n) is 37.6. The van der Waals surface area contributed by atoms with Crippen LogP contribution in [0.1, 0.15) is 22.3 Å². The average Bonchev–Trinajstić information content (AvgIpc) is 4.04. The molecule has 0 saturated carbocycles. The van der Waals surface area contributed by atoms with Crippen molar-refractivity contribution in [1.82, 2.24) is 0 Å². The Morgan fingerprint density at radius 3 is 1.43 bits per heavy atom. The molecule has 10 aromatic carbocycles. The van der Waals surface area contributed by atoms with Gasteiger partial charge in [-0.15, -0.1) is 0 Å². The Labute approximate surface area is 387 Å². The average molecular weight is 865 g/mol. The molecule has 0 amide bonds. The van der Waals surface area contributed by atoms with E-state index in [-0.39, 0.29) is 0 Å². The maximum absolute atomic E-state index is 7.17.